The molecule has 1 aliphatic heterocycles. The molecule has 2 aromatic carbocycles. The average Bonchev–Trinajstić information content (AvgIpc) is 3.30. The highest BCUT2D eigenvalue weighted by Gasteiger charge is 2.49. The molecule has 1 amide bonds. The van der Waals surface area contributed by atoms with Crippen molar-refractivity contribution in [1.82, 2.24) is 14.8 Å². The van der Waals surface area contributed by atoms with Crippen LogP contribution in [0.1, 0.15) is 61.0 Å². The molecule has 1 saturated heterocycles. The summed E-state index contributed by atoms with van der Waals surface area (Å²) in [5.41, 5.74) is 3.39. The molecule has 1 spiro atoms. The summed E-state index contributed by atoms with van der Waals surface area (Å²) in [4.78, 5) is 14.6. The lowest BCUT2D eigenvalue weighted by atomic mass is 9.63. The summed E-state index contributed by atoms with van der Waals surface area (Å²) < 4.78 is 47.7. The zero-order valence-corrected chi connectivity index (χ0v) is 25.3. The van der Waals surface area contributed by atoms with E-state index in [1.54, 1.807) is 37.4 Å². The molecule has 0 radical (unpaired) electrons. The maximum absolute atomic E-state index is 13.7. The van der Waals surface area contributed by atoms with E-state index in [9.17, 15) is 18.0 Å². The van der Waals surface area contributed by atoms with Crippen LogP contribution in [0.25, 0.3) is 10.9 Å². The van der Waals surface area contributed by atoms with Crippen LogP contribution in [0.3, 0.4) is 0 Å². The second-order valence-electron chi connectivity index (χ2n) is 12.5. The van der Waals surface area contributed by atoms with Crippen molar-refractivity contribution < 1.29 is 22.7 Å². The Morgan fingerprint density at radius 1 is 1.07 bits per heavy atom. The minimum Gasteiger partial charge on any atom is -0.495 e. The molecule has 2 heterocycles. The number of likely N-dealkylation sites (tertiary alicyclic amines) is 1. The molecule has 6 rings (SSSR count). The number of fused-ring (bicyclic) bond motifs is 1. The van der Waals surface area contributed by atoms with Gasteiger partial charge in [-0.05, 0) is 86.3 Å². The van der Waals surface area contributed by atoms with Gasteiger partial charge in [0, 0.05) is 48.9 Å². The first-order valence-corrected chi connectivity index (χ1v) is 15.5. The van der Waals surface area contributed by atoms with Crippen LogP contribution < -0.4 is 20.7 Å². The van der Waals surface area contributed by atoms with E-state index in [2.05, 4.69) is 32.7 Å². The minimum absolute atomic E-state index is 0.176. The van der Waals surface area contributed by atoms with Gasteiger partial charge in [-0.2, -0.15) is 13.2 Å². The zero-order valence-electron chi connectivity index (χ0n) is 25.3. The zero-order chi connectivity index (χ0) is 30.9. The molecule has 10 heteroatoms. The lowest BCUT2D eigenvalue weighted by Crippen LogP contribution is -2.63. The smallest absolute Gasteiger partial charge is 0.406 e. The van der Waals surface area contributed by atoms with Crippen molar-refractivity contribution in [1.29, 1.82) is 0 Å². The van der Waals surface area contributed by atoms with Crippen LogP contribution in [0.4, 0.5) is 24.5 Å². The molecule has 3 aromatic rings. The number of methoxy groups -OCH3 is 1. The second-order valence-corrected chi connectivity index (χ2v) is 12.5. The highest BCUT2D eigenvalue weighted by molar-refractivity contribution is 5.95. The summed E-state index contributed by atoms with van der Waals surface area (Å²) in [6.07, 6.45) is 4.20. The van der Waals surface area contributed by atoms with E-state index in [0.717, 1.165) is 36.8 Å². The molecule has 1 aromatic heterocycles. The molecular formula is C34H40F3N5O2. The predicted octanol–water partition coefficient (Wildman–Crippen LogP) is 6.24. The number of anilines is 2. The third kappa shape index (κ3) is 6.34. The Bertz CT molecular complexity index is 1570. The summed E-state index contributed by atoms with van der Waals surface area (Å²) in [5.74, 6) is 6.17. The van der Waals surface area contributed by atoms with Gasteiger partial charge in [0.25, 0.3) is 5.91 Å². The summed E-state index contributed by atoms with van der Waals surface area (Å²) >= 11 is 0. The number of nitrogens with one attached hydrogen (secondary N) is 3. The molecule has 0 atom stereocenters. The number of amides is 1. The fraction of sp³-hybridized carbons (Fsp3) is 0.500. The normalized spacial score (nSPS) is 21.1. The number of carbonyl (C=O) groups is 1. The number of aromatic nitrogens is 1. The molecule has 0 bridgehead atoms. The lowest BCUT2D eigenvalue weighted by Gasteiger charge is -2.59. The standard InChI is InChI=1S/C34H40F3N5O2/c1-38-32(43)23-9-14-29(31(18-23)44-2)39-17-4-6-26-19-27-28(7-3-8-30(27)42(26)22-34(35,36)37)40-24-10-12-25(13-11-24)41-20-33(21-41)15-5-16-33/h3,7-9,14,18-19,24-25,39-40H,5,10-13,15-17,20-22H2,1-2H3,(H,38,43). The summed E-state index contributed by atoms with van der Waals surface area (Å²) in [6.45, 7) is 1.58. The molecule has 2 aliphatic carbocycles. The number of hydrogen-bond acceptors (Lipinski definition) is 5. The van der Waals surface area contributed by atoms with Crippen molar-refractivity contribution in [3.8, 4) is 17.6 Å². The van der Waals surface area contributed by atoms with E-state index in [0.29, 0.717) is 45.7 Å². The minimum atomic E-state index is -4.39. The van der Waals surface area contributed by atoms with Crippen LogP contribution in [-0.2, 0) is 6.54 Å². The Kier molecular flexibility index (Phi) is 8.42. The van der Waals surface area contributed by atoms with E-state index in [4.69, 9.17) is 4.74 Å². The maximum Gasteiger partial charge on any atom is 0.406 e. The van der Waals surface area contributed by atoms with E-state index in [-0.39, 0.29) is 12.5 Å². The Labute approximate surface area is 256 Å². The van der Waals surface area contributed by atoms with Crippen molar-refractivity contribution in [2.45, 2.75) is 69.8 Å². The number of rotatable bonds is 8. The number of ether oxygens (including phenoxy) is 1. The first-order valence-electron chi connectivity index (χ1n) is 15.5. The first-order chi connectivity index (χ1) is 21.2. The number of alkyl halides is 3. The van der Waals surface area contributed by atoms with Crippen molar-refractivity contribution in [2.24, 2.45) is 5.41 Å². The molecule has 7 nitrogen and oxygen atoms in total. The van der Waals surface area contributed by atoms with Crippen LogP contribution in [0.2, 0.25) is 0 Å². The number of carbonyl (C=O) groups excluding carboxylic acids is 1. The van der Waals surface area contributed by atoms with Gasteiger partial charge in [-0.1, -0.05) is 18.4 Å². The van der Waals surface area contributed by atoms with Gasteiger partial charge < -0.3 is 25.3 Å². The summed E-state index contributed by atoms with van der Waals surface area (Å²) in [7, 11) is 3.05. The largest absolute Gasteiger partial charge is 0.495 e. The van der Waals surface area contributed by atoms with Gasteiger partial charge in [0.15, 0.2) is 0 Å². The van der Waals surface area contributed by atoms with E-state index in [1.165, 1.54) is 44.0 Å². The van der Waals surface area contributed by atoms with Gasteiger partial charge >= 0.3 is 6.18 Å². The van der Waals surface area contributed by atoms with Crippen molar-refractivity contribution in [2.75, 3.05) is 44.4 Å². The lowest BCUT2D eigenvalue weighted by molar-refractivity contribution is -0.140. The number of halogens is 3. The maximum atomic E-state index is 13.7. The monoisotopic (exact) mass is 607 g/mol. The van der Waals surface area contributed by atoms with Crippen LogP contribution in [0.15, 0.2) is 42.5 Å². The van der Waals surface area contributed by atoms with Gasteiger partial charge in [-0.15, -0.1) is 0 Å². The van der Waals surface area contributed by atoms with Crippen molar-refractivity contribution in [3.63, 3.8) is 0 Å². The molecular weight excluding hydrogens is 567 g/mol. The van der Waals surface area contributed by atoms with Gasteiger partial charge in [0.2, 0.25) is 0 Å². The Morgan fingerprint density at radius 2 is 1.84 bits per heavy atom. The third-order valence-corrected chi connectivity index (χ3v) is 9.62. The molecule has 234 valence electrons. The molecule has 3 N–H and O–H groups in total. The fourth-order valence-electron chi connectivity index (χ4n) is 7.13. The Balaban J connectivity index is 1.15. The Hall–Kier alpha value is -3.84. The quantitative estimate of drug-likeness (QED) is 0.265. The fourth-order valence-corrected chi connectivity index (χ4v) is 7.13. The number of hydrogen-bond donors (Lipinski definition) is 3. The van der Waals surface area contributed by atoms with Crippen LogP contribution >= 0.6 is 0 Å². The SMILES string of the molecule is CNC(=O)c1ccc(NCC#Cc2cc3c(NC4CCC(N5CC6(CCC6)C5)CC4)cccc3n2CC(F)(F)F)c(OC)c1. The molecule has 44 heavy (non-hydrogen) atoms. The molecule has 3 fully saturated rings. The van der Waals surface area contributed by atoms with E-state index in [1.807, 2.05) is 12.1 Å². The van der Waals surface area contributed by atoms with E-state index < -0.39 is 12.7 Å². The van der Waals surface area contributed by atoms with E-state index >= 15 is 0 Å². The van der Waals surface area contributed by atoms with Crippen LogP contribution in [0, 0.1) is 17.3 Å². The van der Waals surface area contributed by atoms with Crippen LogP contribution in [-0.4, -0.2) is 67.4 Å². The summed E-state index contributed by atoms with van der Waals surface area (Å²) in [6, 6.07) is 13.2. The summed E-state index contributed by atoms with van der Waals surface area (Å²) in [5, 5.41) is 10.1. The predicted molar refractivity (Wildman–Crippen MR) is 167 cm³/mol. The van der Waals surface area contributed by atoms with Gasteiger partial charge in [-0.3, -0.25) is 9.69 Å². The molecule has 2 saturated carbocycles. The highest BCUT2D eigenvalue weighted by Crippen LogP contribution is 2.50. The van der Waals surface area contributed by atoms with Gasteiger partial charge in [0.1, 0.15) is 12.3 Å². The molecule has 3 aliphatic rings. The second kappa shape index (κ2) is 12.3. The number of benzene rings is 2. The van der Waals surface area contributed by atoms with Crippen molar-refractivity contribution >= 4 is 28.2 Å². The third-order valence-electron chi connectivity index (χ3n) is 9.62. The highest BCUT2D eigenvalue weighted by atomic mass is 19.4. The van der Waals surface area contributed by atoms with Gasteiger partial charge in [-0.25, -0.2) is 0 Å². The number of nitrogens with zero attached hydrogens (tertiary/aromatic N) is 2. The molecule has 0 unspecified atom stereocenters. The topological polar surface area (TPSA) is 70.6 Å². The van der Waals surface area contributed by atoms with Gasteiger partial charge in [0.05, 0.1) is 30.6 Å². The Morgan fingerprint density at radius 3 is 2.50 bits per heavy atom. The van der Waals surface area contributed by atoms with Crippen LogP contribution in [0.5, 0.6) is 5.75 Å². The van der Waals surface area contributed by atoms with Crippen molar-refractivity contribution in [3.05, 3.63) is 53.7 Å². The average molecular weight is 608 g/mol. The first kappa shape index (κ1) is 30.2.